The van der Waals surface area contributed by atoms with E-state index in [1.807, 2.05) is 0 Å². The van der Waals surface area contributed by atoms with Gasteiger partial charge in [0.25, 0.3) is 0 Å². The van der Waals surface area contributed by atoms with Gasteiger partial charge in [-0.05, 0) is 28.3 Å². The number of hydrogen-bond acceptors (Lipinski definition) is 1. The molecule has 0 fully saturated rings. The Hall–Kier alpha value is -1.63. The van der Waals surface area contributed by atoms with Crippen LogP contribution in [0.2, 0.25) is 0 Å². The maximum atomic E-state index is 10.5. The molecule has 0 atom stereocenters. The predicted octanol–water partition coefficient (Wildman–Crippen LogP) is 3.53. The molecule has 2 rings (SSSR count). The molecule has 0 aromatic heterocycles. The fourth-order valence-electron chi connectivity index (χ4n) is 2.11. The van der Waals surface area contributed by atoms with Crippen LogP contribution in [0.15, 0.2) is 36.4 Å². The van der Waals surface area contributed by atoms with E-state index in [2.05, 4.69) is 43.3 Å². The van der Waals surface area contributed by atoms with Gasteiger partial charge in [-0.3, -0.25) is 0 Å². The van der Waals surface area contributed by atoms with Crippen LogP contribution in [-0.2, 0) is 17.6 Å². The molecule has 0 heterocycles. The third-order valence-electron chi connectivity index (χ3n) is 2.87. The highest BCUT2D eigenvalue weighted by Gasteiger charge is 2.01. The summed E-state index contributed by atoms with van der Waals surface area (Å²) in [4.78, 5) is 10.5. The molecule has 0 amide bonds. The molecule has 2 aromatic rings. The van der Waals surface area contributed by atoms with Crippen molar-refractivity contribution in [2.75, 3.05) is 0 Å². The van der Waals surface area contributed by atoms with Gasteiger partial charge in [-0.25, -0.2) is 0 Å². The molecule has 0 spiro atoms. The third-order valence-corrected chi connectivity index (χ3v) is 2.87. The van der Waals surface area contributed by atoms with Gasteiger partial charge in [0.15, 0.2) is 0 Å². The van der Waals surface area contributed by atoms with E-state index < -0.39 is 0 Å². The molecular formula is C15H16O. The normalized spacial score (nSPS) is 10.6. The molecule has 0 saturated carbocycles. The summed E-state index contributed by atoms with van der Waals surface area (Å²) in [6.45, 7) is 2.19. The van der Waals surface area contributed by atoms with Crippen LogP contribution < -0.4 is 0 Å². The van der Waals surface area contributed by atoms with E-state index in [4.69, 9.17) is 0 Å². The minimum absolute atomic E-state index is 0.508. The molecule has 0 radical (unpaired) electrons. The molecule has 0 N–H and O–H groups in total. The van der Waals surface area contributed by atoms with Crippen LogP contribution >= 0.6 is 0 Å². The number of rotatable bonds is 4. The summed E-state index contributed by atoms with van der Waals surface area (Å²) in [6.07, 6.45) is 3.74. The summed E-state index contributed by atoms with van der Waals surface area (Å²) in [5.41, 5.74) is 2.49. The molecule has 0 aliphatic heterocycles. The lowest BCUT2D eigenvalue weighted by Crippen LogP contribution is -1.89. The quantitative estimate of drug-likeness (QED) is 0.708. The highest BCUT2D eigenvalue weighted by Crippen LogP contribution is 2.21. The van der Waals surface area contributed by atoms with Crippen LogP contribution in [0.3, 0.4) is 0 Å². The lowest BCUT2D eigenvalue weighted by Gasteiger charge is -2.06. The second-order valence-corrected chi connectivity index (χ2v) is 4.09. The van der Waals surface area contributed by atoms with Crippen LogP contribution in [0.4, 0.5) is 0 Å². The van der Waals surface area contributed by atoms with Crippen molar-refractivity contribution in [3.05, 3.63) is 47.5 Å². The number of aldehydes is 1. The predicted molar refractivity (Wildman–Crippen MR) is 67.7 cm³/mol. The van der Waals surface area contributed by atoms with E-state index in [9.17, 15) is 4.79 Å². The monoisotopic (exact) mass is 212 g/mol. The average Bonchev–Trinajstić information content (AvgIpc) is 2.30. The third kappa shape index (κ3) is 2.13. The minimum Gasteiger partial charge on any atom is -0.303 e. The summed E-state index contributed by atoms with van der Waals surface area (Å²) in [5.74, 6) is 0. The van der Waals surface area contributed by atoms with E-state index in [-0.39, 0.29) is 0 Å². The van der Waals surface area contributed by atoms with Crippen molar-refractivity contribution in [1.29, 1.82) is 0 Å². The highest BCUT2D eigenvalue weighted by molar-refractivity contribution is 5.86. The summed E-state index contributed by atoms with van der Waals surface area (Å²) in [7, 11) is 0. The first kappa shape index (κ1) is 10.9. The van der Waals surface area contributed by atoms with E-state index in [0.717, 1.165) is 24.7 Å². The first-order valence-corrected chi connectivity index (χ1v) is 5.79. The Balaban J connectivity index is 2.50. The van der Waals surface area contributed by atoms with Gasteiger partial charge in [-0.1, -0.05) is 49.7 Å². The summed E-state index contributed by atoms with van der Waals surface area (Å²) < 4.78 is 0. The van der Waals surface area contributed by atoms with Crippen LogP contribution in [0.25, 0.3) is 10.8 Å². The molecule has 0 saturated heterocycles. The molecule has 0 unspecified atom stereocenters. The van der Waals surface area contributed by atoms with Crippen molar-refractivity contribution >= 4 is 17.1 Å². The molecule has 82 valence electrons. The summed E-state index contributed by atoms with van der Waals surface area (Å²) in [5, 5.41) is 2.56. The van der Waals surface area contributed by atoms with E-state index in [1.54, 1.807) is 0 Å². The SMILES string of the molecule is CCCc1cccc2cc(CC=O)ccc12. The molecule has 1 nitrogen and oxygen atoms in total. The standard InChI is InChI=1S/C15H16O/c1-2-4-13-5-3-6-14-11-12(9-10-16)7-8-15(13)14/h3,5-8,10-11H,2,4,9H2,1H3. The van der Waals surface area contributed by atoms with Gasteiger partial charge in [0.05, 0.1) is 0 Å². The maximum Gasteiger partial charge on any atom is 0.124 e. The lowest BCUT2D eigenvalue weighted by atomic mass is 9.99. The van der Waals surface area contributed by atoms with Gasteiger partial charge in [0.2, 0.25) is 0 Å². The van der Waals surface area contributed by atoms with E-state index >= 15 is 0 Å². The molecular weight excluding hydrogens is 196 g/mol. The zero-order valence-corrected chi connectivity index (χ0v) is 9.57. The fraction of sp³-hybridized carbons (Fsp3) is 0.267. The Labute approximate surface area is 96.1 Å². The fourth-order valence-corrected chi connectivity index (χ4v) is 2.11. The zero-order chi connectivity index (χ0) is 11.4. The van der Waals surface area contributed by atoms with Crippen molar-refractivity contribution in [1.82, 2.24) is 0 Å². The molecule has 1 heteroatoms. The first-order valence-electron chi connectivity index (χ1n) is 5.79. The number of hydrogen-bond donors (Lipinski definition) is 0. The smallest absolute Gasteiger partial charge is 0.124 e. The topological polar surface area (TPSA) is 17.1 Å². The minimum atomic E-state index is 0.508. The van der Waals surface area contributed by atoms with Gasteiger partial charge in [-0.2, -0.15) is 0 Å². The van der Waals surface area contributed by atoms with Gasteiger partial charge in [0, 0.05) is 6.42 Å². The average molecular weight is 212 g/mol. The lowest BCUT2D eigenvalue weighted by molar-refractivity contribution is -0.107. The Bertz CT molecular complexity index is 500. The molecule has 2 aromatic carbocycles. The van der Waals surface area contributed by atoms with Gasteiger partial charge in [-0.15, -0.1) is 0 Å². The second kappa shape index (κ2) is 4.93. The molecule has 0 aliphatic rings. The van der Waals surface area contributed by atoms with Crippen molar-refractivity contribution in [3.63, 3.8) is 0 Å². The highest BCUT2D eigenvalue weighted by atomic mass is 16.1. The Morgan fingerprint density at radius 2 is 2.06 bits per heavy atom. The van der Waals surface area contributed by atoms with Gasteiger partial charge < -0.3 is 4.79 Å². The summed E-state index contributed by atoms with van der Waals surface area (Å²) >= 11 is 0. The number of fused-ring (bicyclic) bond motifs is 1. The maximum absolute atomic E-state index is 10.5. The Morgan fingerprint density at radius 1 is 1.19 bits per heavy atom. The Morgan fingerprint density at radius 3 is 2.81 bits per heavy atom. The van der Waals surface area contributed by atoms with Crippen LogP contribution in [0.1, 0.15) is 24.5 Å². The van der Waals surface area contributed by atoms with E-state index in [0.29, 0.717) is 6.42 Å². The van der Waals surface area contributed by atoms with Crippen molar-refractivity contribution < 1.29 is 4.79 Å². The van der Waals surface area contributed by atoms with Crippen molar-refractivity contribution in [3.8, 4) is 0 Å². The van der Waals surface area contributed by atoms with Crippen LogP contribution in [-0.4, -0.2) is 6.29 Å². The van der Waals surface area contributed by atoms with Crippen molar-refractivity contribution in [2.45, 2.75) is 26.2 Å². The van der Waals surface area contributed by atoms with Crippen molar-refractivity contribution in [2.24, 2.45) is 0 Å². The largest absolute Gasteiger partial charge is 0.303 e. The number of carbonyl (C=O) groups excluding carboxylic acids is 1. The molecule has 16 heavy (non-hydrogen) atoms. The molecule has 0 bridgehead atoms. The Kier molecular flexibility index (Phi) is 3.35. The zero-order valence-electron chi connectivity index (χ0n) is 9.57. The van der Waals surface area contributed by atoms with Crippen LogP contribution in [0, 0.1) is 0 Å². The number of carbonyl (C=O) groups is 1. The second-order valence-electron chi connectivity index (χ2n) is 4.09. The summed E-state index contributed by atoms with van der Waals surface area (Å²) in [6, 6.07) is 12.7. The number of aryl methyl sites for hydroxylation is 1. The van der Waals surface area contributed by atoms with Gasteiger partial charge in [0.1, 0.15) is 6.29 Å². The van der Waals surface area contributed by atoms with E-state index in [1.165, 1.54) is 16.3 Å². The molecule has 0 aliphatic carbocycles. The first-order chi connectivity index (χ1) is 7.85. The number of benzene rings is 2. The van der Waals surface area contributed by atoms with Gasteiger partial charge >= 0.3 is 0 Å². The van der Waals surface area contributed by atoms with Crippen LogP contribution in [0.5, 0.6) is 0 Å².